The maximum Gasteiger partial charge on any atom is 0.412 e. The van der Waals surface area contributed by atoms with Gasteiger partial charge in [0, 0.05) is 5.54 Å². The molecule has 0 saturated heterocycles. The van der Waals surface area contributed by atoms with E-state index in [0.29, 0.717) is 0 Å². The number of halogens is 1. The monoisotopic (exact) mass is 280 g/mol. The first-order chi connectivity index (χ1) is 9.20. The molecule has 0 spiro atoms. The second kappa shape index (κ2) is 5.05. The summed E-state index contributed by atoms with van der Waals surface area (Å²) in [5.41, 5.74) is 6.14. The van der Waals surface area contributed by atoms with Crippen LogP contribution in [-0.4, -0.2) is 11.7 Å². The quantitative estimate of drug-likeness (QED) is 0.871. The number of amides is 1. The maximum atomic E-state index is 13.8. The van der Waals surface area contributed by atoms with Gasteiger partial charge in [-0.2, -0.15) is 0 Å². The third-order valence-electron chi connectivity index (χ3n) is 3.42. The second-order valence-corrected chi connectivity index (χ2v) is 6.33. The van der Waals surface area contributed by atoms with Gasteiger partial charge >= 0.3 is 6.09 Å². The Morgan fingerprint density at radius 2 is 2.05 bits per heavy atom. The number of hydrogen-bond donors (Lipinski definition) is 2. The van der Waals surface area contributed by atoms with Gasteiger partial charge in [-0.3, -0.25) is 5.32 Å². The van der Waals surface area contributed by atoms with Crippen molar-refractivity contribution in [3.8, 4) is 0 Å². The van der Waals surface area contributed by atoms with Crippen LogP contribution in [0.4, 0.5) is 14.9 Å². The molecule has 1 amide bonds. The molecule has 20 heavy (non-hydrogen) atoms. The lowest BCUT2D eigenvalue weighted by molar-refractivity contribution is 0.0635. The highest BCUT2D eigenvalue weighted by Crippen LogP contribution is 2.39. The van der Waals surface area contributed by atoms with Crippen molar-refractivity contribution in [1.29, 1.82) is 0 Å². The van der Waals surface area contributed by atoms with Crippen LogP contribution in [0.2, 0.25) is 0 Å². The summed E-state index contributed by atoms with van der Waals surface area (Å²) in [4.78, 5) is 11.7. The summed E-state index contributed by atoms with van der Waals surface area (Å²) in [5.74, 6) is -0.498. The van der Waals surface area contributed by atoms with E-state index in [-0.39, 0.29) is 5.69 Å². The molecule has 0 bridgehead atoms. The minimum Gasteiger partial charge on any atom is -0.444 e. The number of anilines is 1. The standard InChI is InChI=1S/C15H21FN2O2/c1-14(2,3)20-13(19)18-12-9-10(5-6-11(12)16)15(17)7-4-8-15/h5-6,9H,4,7-8,17H2,1-3H3,(H,18,19). The molecule has 2 rings (SSSR count). The van der Waals surface area contributed by atoms with E-state index in [1.165, 1.54) is 6.07 Å². The summed E-state index contributed by atoms with van der Waals surface area (Å²) in [6.45, 7) is 5.26. The van der Waals surface area contributed by atoms with Crippen molar-refractivity contribution in [1.82, 2.24) is 0 Å². The lowest BCUT2D eigenvalue weighted by Gasteiger charge is -2.38. The molecule has 0 aliphatic heterocycles. The average molecular weight is 280 g/mol. The van der Waals surface area contributed by atoms with E-state index in [0.717, 1.165) is 24.8 Å². The zero-order valence-corrected chi connectivity index (χ0v) is 12.1. The van der Waals surface area contributed by atoms with E-state index >= 15 is 0 Å². The van der Waals surface area contributed by atoms with Gasteiger partial charge in [-0.1, -0.05) is 6.07 Å². The van der Waals surface area contributed by atoms with Crippen LogP contribution in [0, 0.1) is 5.82 Å². The smallest absolute Gasteiger partial charge is 0.412 e. The number of nitrogens with one attached hydrogen (secondary N) is 1. The van der Waals surface area contributed by atoms with Crippen LogP contribution in [0.15, 0.2) is 18.2 Å². The molecular formula is C15H21FN2O2. The van der Waals surface area contributed by atoms with E-state index in [1.807, 2.05) is 0 Å². The Morgan fingerprint density at radius 1 is 1.40 bits per heavy atom. The molecule has 1 aliphatic carbocycles. The van der Waals surface area contributed by atoms with E-state index < -0.39 is 23.1 Å². The van der Waals surface area contributed by atoms with Crippen LogP contribution >= 0.6 is 0 Å². The fraction of sp³-hybridized carbons (Fsp3) is 0.533. The Kier molecular flexibility index (Phi) is 3.73. The molecular weight excluding hydrogens is 259 g/mol. The van der Waals surface area contributed by atoms with Crippen molar-refractivity contribution < 1.29 is 13.9 Å². The minimum atomic E-state index is -0.673. The van der Waals surface area contributed by atoms with Gasteiger partial charge < -0.3 is 10.5 Å². The third kappa shape index (κ3) is 3.28. The summed E-state index contributed by atoms with van der Waals surface area (Å²) in [6.07, 6.45) is 2.16. The number of rotatable bonds is 2. The van der Waals surface area contributed by atoms with Crippen LogP contribution < -0.4 is 11.1 Å². The molecule has 0 heterocycles. The second-order valence-electron chi connectivity index (χ2n) is 6.33. The fourth-order valence-electron chi connectivity index (χ4n) is 2.19. The Hall–Kier alpha value is -1.62. The van der Waals surface area contributed by atoms with E-state index in [2.05, 4.69) is 5.32 Å². The number of ether oxygens (including phenoxy) is 1. The zero-order chi connectivity index (χ0) is 15.0. The van der Waals surface area contributed by atoms with Gasteiger partial charge in [0.25, 0.3) is 0 Å². The summed E-state index contributed by atoms with van der Waals surface area (Å²) < 4.78 is 18.9. The lowest BCUT2D eigenvalue weighted by Crippen LogP contribution is -2.43. The Labute approximate surface area is 118 Å². The zero-order valence-electron chi connectivity index (χ0n) is 12.1. The number of carbonyl (C=O) groups is 1. The molecule has 5 heteroatoms. The van der Waals surface area contributed by atoms with E-state index in [1.54, 1.807) is 32.9 Å². The molecule has 0 aromatic heterocycles. The highest BCUT2D eigenvalue weighted by molar-refractivity contribution is 5.85. The van der Waals surface area contributed by atoms with Crippen LogP contribution in [0.1, 0.15) is 45.6 Å². The molecule has 0 atom stereocenters. The number of hydrogen-bond acceptors (Lipinski definition) is 3. The van der Waals surface area contributed by atoms with Gasteiger partial charge in [0.2, 0.25) is 0 Å². The van der Waals surface area contributed by atoms with Gasteiger partial charge in [-0.15, -0.1) is 0 Å². The first-order valence-corrected chi connectivity index (χ1v) is 6.79. The molecule has 110 valence electrons. The van der Waals surface area contributed by atoms with Gasteiger partial charge in [0.15, 0.2) is 0 Å². The van der Waals surface area contributed by atoms with Crippen molar-refractivity contribution in [2.75, 3.05) is 5.32 Å². The molecule has 1 aliphatic rings. The van der Waals surface area contributed by atoms with Crippen LogP contribution in [-0.2, 0) is 10.3 Å². The van der Waals surface area contributed by atoms with Crippen molar-refractivity contribution in [3.05, 3.63) is 29.6 Å². The summed E-state index contributed by atoms with van der Waals surface area (Å²) in [6, 6.07) is 4.60. The lowest BCUT2D eigenvalue weighted by atomic mass is 9.73. The van der Waals surface area contributed by atoms with Crippen LogP contribution in [0.5, 0.6) is 0 Å². The fourth-order valence-corrected chi connectivity index (χ4v) is 2.19. The third-order valence-corrected chi connectivity index (χ3v) is 3.42. The van der Waals surface area contributed by atoms with Gasteiger partial charge in [0.05, 0.1) is 5.69 Å². The molecule has 1 aromatic rings. The predicted octanol–water partition coefficient (Wildman–Crippen LogP) is 3.51. The Morgan fingerprint density at radius 3 is 2.55 bits per heavy atom. The van der Waals surface area contributed by atoms with Crippen LogP contribution in [0.25, 0.3) is 0 Å². The first kappa shape index (κ1) is 14.8. The molecule has 1 saturated carbocycles. The number of benzene rings is 1. The Bertz CT molecular complexity index is 519. The van der Waals surface area contributed by atoms with Gasteiger partial charge in [-0.25, -0.2) is 9.18 Å². The molecule has 1 fully saturated rings. The highest BCUT2D eigenvalue weighted by atomic mass is 19.1. The highest BCUT2D eigenvalue weighted by Gasteiger charge is 2.34. The molecule has 1 aromatic carbocycles. The molecule has 0 radical (unpaired) electrons. The van der Waals surface area contributed by atoms with Crippen molar-refractivity contribution in [2.24, 2.45) is 5.73 Å². The summed E-state index contributed by atoms with van der Waals surface area (Å²) in [7, 11) is 0. The first-order valence-electron chi connectivity index (χ1n) is 6.79. The van der Waals surface area contributed by atoms with Crippen molar-refractivity contribution in [3.63, 3.8) is 0 Å². The van der Waals surface area contributed by atoms with E-state index in [4.69, 9.17) is 10.5 Å². The molecule has 0 unspecified atom stereocenters. The van der Waals surface area contributed by atoms with Crippen molar-refractivity contribution >= 4 is 11.8 Å². The molecule has 4 nitrogen and oxygen atoms in total. The normalized spacial score (nSPS) is 17.2. The maximum absolute atomic E-state index is 13.8. The van der Waals surface area contributed by atoms with Gasteiger partial charge in [-0.05, 0) is 57.7 Å². The average Bonchev–Trinajstić information content (AvgIpc) is 2.26. The molecule has 3 N–H and O–H groups in total. The van der Waals surface area contributed by atoms with Crippen LogP contribution in [0.3, 0.4) is 0 Å². The Balaban J connectivity index is 2.15. The minimum absolute atomic E-state index is 0.105. The summed E-state index contributed by atoms with van der Waals surface area (Å²) in [5, 5.41) is 2.44. The van der Waals surface area contributed by atoms with Gasteiger partial charge in [0.1, 0.15) is 11.4 Å². The summed E-state index contributed by atoms with van der Waals surface area (Å²) >= 11 is 0. The predicted molar refractivity (Wildman–Crippen MR) is 76.0 cm³/mol. The topological polar surface area (TPSA) is 64.3 Å². The number of nitrogens with two attached hydrogens (primary N) is 1. The van der Waals surface area contributed by atoms with E-state index in [9.17, 15) is 9.18 Å². The van der Waals surface area contributed by atoms with Crippen molar-refractivity contribution in [2.45, 2.75) is 51.2 Å². The SMILES string of the molecule is CC(C)(C)OC(=O)Nc1cc(C2(N)CCC2)ccc1F. The largest absolute Gasteiger partial charge is 0.444 e. The number of carbonyl (C=O) groups excluding carboxylic acids is 1.